The Bertz CT molecular complexity index is 627. The largest absolute Gasteiger partial charge is 0.416 e. The van der Waals surface area contributed by atoms with Crippen molar-refractivity contribution in [3.05, 3.63) is 35.4 Å². The van der Waals surface area contributed by atoms with Crippen molar-refractivity contribution in [3.63, 3.8) is 0 Å². The number of sulfone groups is 1. The molecule has 0 spiro atoms. The molecular weight excluding hydrogens is 303 g/mol. The molecule has 3 nitrogen and oxygen atoms in total. The van der Waals surface area contributed by atoms with E-state index in [1.54, 1.807) is 19.9 Å². The highest BCUT2D eigenvalue weighted by Crippen LogP contribution is 2.35. The smallest absolute Gasteiger partial charge is 0.304 e. The summed E-state index contributed by atoms with van der Waals surface area (Å²) in [5.74, 6) is 0.0304. The quantitative estimate of drug-likeness (QED) is 0.931. The molecule has 21 heavy (non-hydrogen) atoms. The molecule has 0 bridgehead atoms. The van der Waals surface area contributed by atoms with Gasteiger partial charge in [-0.25, -0.2) is 8.42 Å². The van der Waals surface area contributed by atoms with Crippen molar-refractivity contribution >= 4 is 9.84 Å². The summed E-state index contributed by atoms with van der Waals surface area (Å²) in [5, 5.41) is 3.06. The fraction of sp³-hybridized carbons (Fsp3) is 0.571. The van der Waals surface area contributed by atoms with E-state index in [2.05, 4.69) is 5.32 Å². The molecule has 2 unspecified atom stereocenters. The average molecular weight is 321 g/mol. The number of alkyl halides is 3. The van der Waals surface area contributed by atoms with Gasteiger partial charge in [0.1, 0.15) is 0 Å². The van der Waals surface area contributed by atoms with Gasteiger partial charge in [-0.2, -0.15) is 13.2 Å². The van der Waals surface area contributed by atoms with Crippen molar-refractivity contribution in [1.29, 1.82) is 0 Å². The third-order valence-electron chi connectivity index (χ3n) is 3.80. The Balaban J connectivity index is 2.24. The summed E-state index contributed by atoms with van der Waals surface area (Å²) in [4.78, 5) is 0. The number of hydrogen-bond acceptors (Lipinski definition) is 3. The van der Waals surface area contributed by atoms with Crippen LogP contribution in [0.4, 0.5) is 13.2 Å². The highest BCUT2D eigenvalue weighted by atomic mass is 32.2. The van der Waals surface area contributed by atoms with Gasteiger partial charge in [-0.05, 0) is 31.9 Å². The molecule has 0 aliphatic carbocycles. The summed E-state index contributed by atoms with van der Waals surface area (Å²) in [6.07, 6.45) is -4.01. The standard InChI is InChI=1S/C14H18F3NO2S/c1-10(18-13(2)7-8-21(19,20)9-13)11-5-3-4-6-12(11)14(15,16)17/h3-6,10,18H,7-9H2,1-2H3. The van der Waals surface area contributed by atoms with Gasteiger partial charge in [-0.1, -0.05) is 18.2 Å². The Kier molecular flexibility index (Phi) is 4.10. The van der Waals surface area contributed by atoms with Gasteiger partial charge >= 0.3 is 6.18 Å². The summed E-state index contributed by atoms with van der Waals surface area (Å²) in [6.45, 7) is 3.37. The number of halogens is 3. The Morgan fingerprint density at radius 2 is 1.90 bits per heavy atom. The van der Waals surface area contributed by atoms with Gasteiger partial charge in [-0.15, -0.1) is 0 Å². The normalized spacial score (nSPS) is 26.7. The van der Waals surface area contributed by atoms with Gasteiger partial charge in [0.05, 0.1) is 17.1 Å². The molecule has 118 valence electrons. The van der Waals surface area contributed by atoms with Gasteiger partial charge in [0, 0.05) is 11.6 Å². The van der Waals surface area contributed by atoms with E-state index in [1.807, 2.05) is 0 Å². The SMILES string of the molecule is CC(NC1(C)CCS(=O)(=O)C1)c1ccccc1C(F)(F)F. The van der Waals surface area contributed by atoms with Crippen LogP contribution in [0.2, 0.25) is 0 Å². The lowest BCUT2D eigenvalue weighted by Gasteiger charge is -2.30. The molecule has 0 radical (unpaired) electrons. The van der Waals surface area contributed by atoms with E-state index < -0.39 is 33.2 Å². The summed E-state index contributed by atoms with van der Waals surface area (Å²) in [7, 11) is -3.10. The second-order valence-electron chi connectivity index (χ2n) is 5.85. The van der Waals surface area contributed by atoms with Crippen LogP contribution in [0.1, 0.15) is 37.4 Å². The molecule has 1 aliphatic heterocycles. The third kappa shape index (κ3) is 3.77. The number of nitrogens with one attached hydrogen (secondary N) is 1. The van der Waals surface area contributed by atoms with Crippen molar-refractivity contribution in [2.45, 2.75) is 38.0 Å². The van der Waals surface area contributed by atoms with Crippen molar-refractivity contribution in [3.8, 4) is 0 Å². The molecule has 1 aliphatic rings. The van der Waals surface area contributed by atoms with Crippen LogP contribution in [0.25, 0.3) is 0 Å². The Hall–Kier alpha value is -1.08. The van der Waals surface area contributed by atoms with Crippen molar-refractivity contribution in [1.82, 2.24) is 5.32 Å². The van der Waals surface area contributed by atoms with Gasteiger partial charge in [0.15, 0.2) is 9.84 Å². The molecule has 0 saturated carbocycles. The zero-order chi connectivity index (χ0) is 15.9. The molecule has 7 heteroatoms. The predicted molar refractivity (Wildman–Crippen MR) is 74.7 cm³/mol. The molecule has 1 saturated heterocycles. The van der Waals surface area contributed by atoms with E-state index in [4.69, 9.17) is 0 Å². The first-order valence-electron chi connectivity index (χ1n) is 6.67. The van der Waals surface area contributed by atoms with E-state index in [-0.39, 0.29) is 17.1 Å². The minimum Gasteiger partial charge on any atom is -0.304 e. The molecule has 1 heterocycles. The van der Waals surface area contributed by atoms with E-state index >= 15 is 0 Å². The lowest BCUT2D eigenvalue weighted by molar-refractivity contribution is -0.138. The lowest BCUT2D eigenvalue weighted by Crippen LogP contribution is -2.45. The van der Waals surface area contributed by atoms with Gasteiger partial charge in [0.2, 0.25) is 0 Å². The molecule has 0 amide bonds. The van der Waals surface area contributed by atoms with Gasteiger partial charge in [-0.3, -0.25) is 0 Å². The topological polar surface area (TPSA) is 46.2 Å². The maximum atomic E-state index is 13.0. The summed E-state index contributed by atoms with van der Waals surface area (Å²) in [5.41, 5.74) is -1.23. The number of rotatable bonds is 3. The van der Waals surface area contributed by atoms with Gasteiger partial charge in [0.25, 0.3) is 0 Å². The van der Waals surface area contributed by atoms with Crippen LogP contribution in [-0.4, -0.2) is 25.5 Å². The third-order valence-corrected chi connectivity index (χ3v) is 5.70. The Labute approximate surface area is 122 Å². The zero-order valence-electron chi connectivity index (χ0n) is 11.9. The second-order valence-corrected chi connectivity index (χ2v) is 8.04. The van der Waals surface area contributed by atoms with Crippen molar-refractivity contribution in [2.75, 3.05) is 11.5 Å². The minimum absolute atomic E-state index is 0.0431. The van der Waals surface area contributed by atoms with Crippen LogP contribution in [0.15, 0.2) is 24.3 Å². The maximum absolute atomic E-state index is 13.0. The van der Waals surface area contributed by atoms with Crippen molar-refractivity contribution in [2.24, 2.45) is 0 Å². The highest BCUT2D eigenvalue weighted by Gasteiger charge is 2.40. The zero-order valence-corrected chi connectivity index (χ0v) is 12.7. The molecule has 2 rings (SSSR count). The van der Waals surface area contributed by atoms with Crippen LogP contribution in [-0.2, 0) is 16.0 Å². The van der Waals surface area contributed by atoms with E-state index in [9.17, 15) is 21.6 Å². The lowest BCUT2D eigenvalue weighted by atomic mass is 9.95. The molecule has 1 fully saturated rings. The van der Waals surface area contributed by atoms with Crippen molar-refractivity contribution < 1.29 is 21.6 Å². The number of benzene rings is 1. The van der Waals surface area contributed by atoms with Crippen LogP contribution in [0.5, 0.6) is 0 Å². The molecule has 1 aromatic rings. The predicted octanol–water partition coefficient (Wildman–Crippen LogP) is 2.93. The van der Waals surface area contributed by atoms with Crippen LogP contribution < -0.4 is 5.32 Å². The summed E-state index contributed by atoms with van der Waals surface area (Å²) in [6, 6.07) is 4.78. The monoisotopic (exact) mass is 321 g/mol. The summed E-state index contributed by atoms with van der Waals surface area (Å²) >= 11 is 0. The van der Waals surface area contributed by atoms with E-state index in [1.165, 1.54) is 12.1 Å². The molecular formula is C14H18F3NO2S. The minimum atomic E-state index is -4.42. The van der Waals surface area contributed by atoms with E-state index in [0.717, 1.165) is 6.07 Å². The first-order chi connectivity index (χ1) is 9.53. The average Bonchev–Trinajstić information content (AvgIpc) is 2.62. The maximum Gasteiger partial charge on any atom is 0.416 e. The molecule has 1 aromatic carbocycles. The highest BCUT2D eigenvalue weighted by molar-refractivity contribution is 7.91. The first kappa shape index (κ1) is 16.3. The fourth-order valence-electron chi connectivity index (χ4n) is 2.86. The van der Waals surface area contributed by atoms with Crippen LogP contribution >= 0.6 is 0 Å². The van der Waals surface area contributed by atoms with Gasteiger partial charge < -0.3 is 5.32 Å². The summed E-state index contributed by atoms with van der Waals surface area (Å²) < 4.78 is 62.2. The molecule has 2 atom stereocenters. The van der Waals surface area contributed by atoms with Crippen LogP contribution in [0, 0.1) is 0 Å². The number of hydrogen-bond donors (Lipinski definition) is 1. The van der Waals surface area contributed by atoms with Crippen LogP contribution in [0.3, 0.4) is 0 Å². The first-order valence-corrected chi connectivity index (χ1v) is 8.49. The Morgan fingerprint density at radius 1 is 1.29 bits per heavy atom. The molecule has 0 aromatic heterocycles. The second kappa shape index (κ2) is 5.28. The molecule has 1 N–H and O–H groups in total. The Morgan fingerprint density at radius 3 is 2.43 bits per heavy atom. The van der Waals surface area contributed by atoms with E-state index in [0.29, 0.717) is 6.42 Å². The fourth-order valence-corrected chi connectivity index (χ4v) is 4.96.